The minimum atomic E-state index is -4.57. The third kappa shape index (κ3) is 7.61. The van der Waals surface area contributed by atoms with Crippen LogP contribution in [0.15, 0.2) is 36.4 Å². The molecule has 0 aliphatic carbocycles. The predicted octanol–water partition coefficient (Wildman–Crippen LogP) is 5.82. The minimum absolute atomic E-state index is 0.0207. The molecule has 1 heterocycles. The molecule has 0 saturated heterocycles. The maximum Gasteiger partial charge on any atom is 0.461 e. The fraction of sp³-hybridized carbons (Fsp3) is 0.385. The summed E-state index contributed by atoms with van der Waals surface area (Å²) in [5.74, 6) is 0.435. The molecule has 0 atom stereocenters. The Balaban J connectivity index is 1.78. The van der Waals surface area contributed by atoms with Crippen LogP contribution < -0.4 is 20.4 Å². The highest BCUT2D eigenvalue weighted by molar-refractivity contribution is 6.42. The van der Waals surface area contributed by atoms with Crippen molar-refractivity contribution in [1.29, 1.82) is 0 Å². The van der Waals surface area contributed by atoms with Gasteiger partial charge in [0.15, 0.2) is 11.0 Å². The number of imidazole rings is 1. The van der Waals surface area contributed by atoms with Gasteiger partial charge >= 0.3 is 12.5 Å². The molecular weight excluding hydrogens is 547 g/mol. The summed E-state index contributed by atoms with van der Waals surface area (Å²) in [4.78, 5) is 11.8. The summed E-state index contributed by atoms with van der Waals surface area (Å²) in [6, 6.07) is 8.97. The molecule has 6 nitrogen and oxygen atoms in total. The molecule has 38 heavy (non-hydrogen) atoms. The molecule has 1 amide bonds. The van der Waals surface area contributed by atoms with Crippen molar-refractivity contribution in [3.05, 3.63) is 57.8 Å². The first kappa shape index (κ1) is 29.7. The fourth-order valence-electron chi connectivity index (χ4n) is 3.93. The van der Waals surface area contributed by atoms with Gasteiger partial charge in [0.1, 0.15) is 5.75 Å². The summed E-state index contributed by atoms with van der Waals surface area (Å²) in [5.41, 5.74) is 7.78. The van der Waals surface area contributed by atoms with Gasteiger partial charge in [0.05, 0.1) is 23.6 Å². The number of hydrogen-bond acceptors (Lipinski definition) is 3. The van der Waals surface area contributed by atoms with E-state index in [1.54, 1.807) is 18.2 Å². The van der Waals surface area contributed by atoms with Crippen LogP contribution in [0.25, 0.3) is 23.2 Å². The second kappa shape index (κ2) is 13.3. The van der Waals surface area contributed by atoms with E-state index in [4.69, 9.17) is 28.9 Å². The van der Waals surface area contributed by atoms with E-state index >= 15 is 0 Å². The monoisotopic (exact) mass is 575 g/mol. The Bertz CT molecular complexity index is 1280. The zero-order chi connectivity index (χ0) is 27.9. The number of halogens is 6. The van der Waals surface area contributed by atoms with E-state index in [0.29, 0.717) is 41.7 Å². The van der Waals surface area contributed by atoms with E-state index in [9.17, 15) is 22.4 Å². The second-order valence-electron chi connectivity index (χ2n) is 8.64. The third-order valence-corrected chi connectivity index (χ3v) is 6.58. The van der Waals surface area contributed by atoms with Gasteiger partial charge in [0.2, 0.25) is 5.91 Å². The zero-order valence-electron chi connectivity index (χ0n) is 20.7. The molecule has 0 fully saturated rings. The van der Waals surface area contributed by atoms with E-state index in [2.05, 4.69) is 14.6 Å². The van der Waals surface area contributed by atoms with Crippen LogP contribution in [0.1, 0.15) is 37.1 Å². The van der Waals surface area contributed by atoms with E-state index in [1.807, 2.05) is 17.7 Å². The van der Waals surface area contributed by atoms with Gasteiger partial charge in [-0.15, -0.1) is 0 Å². The largest absolute Gasteiger partial charge is 0.461 e. The molecule has 2 aromatic carbocycles. The summed E-state index contributed by atoms with van der Waals surface area (Å²) < 4.78 is 59.2. The molecule has 12 heteroatoms. The Morgan fingerprint density at radius 3 is 2.47 bits per heavy atom. The number of aromatic nitrogens is 2. The van der Waals surface area contributed by atoms with Gasteiger partial charge in [0.25, 0.3) is 5.82 Å². The molecule has 3 rings (SSSR count). The van der Waals surface area contributed by atoms with Gasteiger partial charge in [-0.2, -0.15) is 17.6 Å². The molecule has 1 aromatic heterocycles. The number of benzene rings is 2. The molecule has 0 bridgehead atoms. The van der Waals surface area contributed by atoms with Crippen LogP contribution in [0.3, 0.4) is 0 Å². The number of carbonyl (C=O) groups is 1. The van der Waals surface area contributed by atoms with Gasteiger partial charge in [-0.1, -0.05) is 35.3 Å². The number of nitrogens with one attached hydrogen (secondary N) is 1. The number of rotatable bonds is 13. The quantitative estimate of drug-likeness (QED) is 0.153. The lowest BCUT2D eigenvalue weighted by atomic mass is 10.2. The second-order valence-corrected chi connectivity index (χ2v) is 9.45. The van der Waals surface area contributed by atoms with Crippen molar-refractivity contribution >= 4 is 52.3 Å². The minimum Gasteiger partial charge on any atom is -0.428 e. The SMILES string of the molecule is C[n+]1c(/C=C/c2ccc(OC(F)(F)C(F)F)cc2)n(CCCCCC(=O)NCCN)c2cc(Cl)c(Cl)cc21. The number of nitrogens with two attached hydrogens (primary N) is 1. The van der Waals surface area contributed by atoms with Crippen LogP contribution in [-0.4, -0.2) is 36.1 Å². The first-order chi connectivity index (χ1) is 18.0. The van der Waals surface area contributed by atoms with Crippen molar-refractivity contribution in [2.24, 2.45) is 12.8 Å². The van der Waals surface area contributed by atoms with Crippen molar-refractivity contribution in [3.8, 4) is 5.75 Å². The number of aryl methyl sites for hydroxylation is 2. The number of ether oxygens (including phenoxy) is 1. The van der Waals surface area contributed by atoms with Crippen molar-refractivity contribution in [3.63, 3.8) is 0 Å². The molecule has 0 radical (unpaired) electrons. The van der Waals surface area contributed by atoms with Crippen LogP contribution in [0, 0.1) is 0 Å². The van der Waals surface area contributed by atoms with E-state index in [0.717, 1.165) is 36.1 Å². The number of hydrogen-bond donors (Lipinski definition) is 2. The average Bonchev–Trinajstić information content (AvgIpc) is 3.11. The normalized spacial score (nSPS) is 12.1. The standard InChI is InChI=1S/C26H28Cl2F4N4O2/c1-35-21-15-19(27)20(28)16-22(21)36(14-4-2-3-5-23(37)34-13-12-33)24(35)11-8-17-6-9-18(10-7-17)38-26(31,32)25(29)30/h6-11,15-16,25H,2-5,12-14,33H2,1H3/p+1/b11-8+. The zero-order valence-corrected chi connectivity index (χ0v) is 22.2. The molecule has 3 N–H and O–H groups in total. The Hall–Kier alpha value is -2.82. The molecule has 0 spiro atoms. The Morgan fingerprint density at radius 2 is 1.82 bits per heavy atom. The van der Waals surface area contributed by atoms with Crippen molar-refractivity contribution < 1.29 is 31.7 Å². The molecule has 0 unspecified atom stereocenters. The summed E-state index contributed by atoms with van der Waals surface area (Å²) in [6.07, 6.45) is -2.08. The number of fused-ring (bicyclic) bond motifs is 1. The van der Waals surface area contributed by atoms with Crippen LogP contribution in [0.2, 0.25) is 10.0 Å². The summed E-state index contributed by atoms with van der Waals surface area (Å²) >= 11 is 12.6. The first-order valence-electron chi connectivity index (χ1n) is 12.0. The lowest BCUT2D eigenvalue weighted by Gasteiger charge is -2.16. The first-order valence-corrected chi connectivity index (χ1v) is 12.8. The van der Waals surface area contributed by atoms with Gasteiger partial charge in [-0.3, -0.25) is 4.79 Å². The van der Waals surface area contributed by atoms with Crippen molar-refractivity contribution in [2.45, 2.75) is 44.8 Å². The average molecular weight is 576 g/mol. The lowest BCUT2D eigenvalue weighted by Crippen LogP contribution is -2.33. The summed E-state index contributed by atoms with van der Waals surface area (Å²) in [6.45, 7) is 1.51. The van der Waals surface area contributed by atoms with Crippen LogP contribution in [-0.2, 0) is 18.4 Å². The highest BCUT2D eigenvalue weighted by Crippen LogP contribution is 2.29. The molecule has 0 aliphatic rings. The molecule has 0 saturated carbocycles. The summed E-state index contributed by atoms with van der Waals surface area (Å²) in [7, 11) is 1.88. The molecular formula is C26H29Cl2F4N4O2+. The smallest absolute Gasteiger partial charge is 0.428 e. The Morgan fingerprint density at radius 1 is 1.13 bits per heavy atom. The number of alkyl halides is 4. The Labute approximate surface area is 228 Å². The lowest BCUT2D eigenvalue weighted by molar-refractivity contribution is -0.647. The van der Waals surface area contributed by atoms with Crippen LogP contribution in [0.4, 0.5) is 17.6 Å². The van der Waals surface area contributed by atoms with Gasteiger partial charge in [0, 0.05) is 37.7 Å². The number of carbonyl (C=O) groups excluding carboxylic acids is 1. The maximum absolute atomic E-state index is 13.2. The maximum atomic E-state index is 13.2. The van der Waals surface area contributed by atoms with E-state index in [-0.39, 0.29) is 11.7 Å². The van der Waals surface area contributed by atoms with Crippen molar-refractivity contribution in [1.82, 2.24) is 9.88 Å². The van der Waals surface area contributed by atoms with Gasteiger partial charge < -0.3 is 15.8 Å². The topological polar surface area (TPSA) is 73.2 Å². The number of nitrogens with zero attached hydrogens (tertiary/aromatic N) is 2. The molecule has 206 valence electrons. The summed E-state index contributed by atoms with van der Waals surface area (Å²) in [5, 5.41) is 3.59. The number of unbranched alkanes of at least 4 members (excludes halogenated alkanes) is 2. The predicted molar refractivity (Wildman–Crippen MR) is 141 cm³/mol. The van der Waals surface area contributed by atoms with Crippen LogP contribution >= 0.6 is 23.2 Å². The third-order valence-electron chi connectivity index (χ3n) is 5.85. The molecule has 0 aliphatic heterocycles. The van der Waals surface area contributed by atoms with Gasteiger partial charge in [-0.25, -0.2) is 9.13 Å². The van der Waals surface area contributed by atoms with Crippen molar-refractivity contribution in [2.75, 3.05) is 13.1 Å². The van der Waals surface area contributed by atoms with E-state index in [1.165, 1.54) is 24.3 Å². The van der Waals surface area contributed by atoms with Crippen LogP contribution in [0.5, 0.6) is 5.75 Å². The van der Waals surface area contributed by atoms with E-state index < -0.39 is 12.5 Å². The highest BCUT2D eigenvalue weighted by atomic mass is 35.5. The highest BCUT2D eigenvalue weighted by Gasteiger charge is 2.43. The number of amides is 1. The molecule has 3 aromatic rings. The fourth-order valence-corrected chi connectivity index (χ4v) is 4.24. The van der Waals surface area contributed by atoms with Gasteiger partial charge in [-0.05, 0) is 43.0 Å². The Kier molecular flexibility index (Phi) is 10.4.